The Kier molecular flexibility index (Phi) is 5.35. The molecule has 1 heterocycles. The number of carbonyl (C=O) groups excluding carboxylic acids is 2. The summed E-state index contributed by atoms with van der Waals surface area (Å²) >= 11 is 0. The third-order valence-electron chi connectivity index (χ3n) is 3.13. The van der Waals surface area contributed by atoms with Crippen LogP contribution in [-0.4, -0.2) is 48.6 Å². The Morgan fingerprint density at radius 2 is 2.05 bits per heavy atom. The van der Waals surface area contributed by atoms with Crippen molar-refractivity contribution in [2.45, 2.75) is 25.2 Å². The fourth-order valence-electron chi connectivity index (χ4n) is 1.85. The predicted molar refractivity (Wildman–Crippen MR) is 76.0 cm³/mol. The van der Waals surface area contributed by atoms with Gasteiger partial charge in [-0.15, -0.1) is 0 Å². The lowest BCUT2D eigenvalue weighted by Crippen LogP contribution is -2.54. The first-order valence-electron chi connectivity index (χ1n) is 6.91. The van der Waals surface area contributed by atoms with Gasteiger partial charge in [-0.25, -0.2) is 9.59 Å². The smallest absolute Gasteiger partial charge is 0.408 e. The van der Waals surface area contributed by atoms with Gasteiger partial charge in [-0.3, -0.25) is 0 Å². The first kappa shape index (κ1) is 16.3. The largest absolute Gasteiger partial charge is 0.453 e. The molecule has 7 heteroatoms. The van der Waals surface area contributed by atoms with Gasteiger partial charge in [0.15, 0.2) is 11.6 Å². The second-order valence-corrected chi connectivity index (χ2v) is 5.31. The van der Waals surface area contributed by atoms with E-state index in [1.54, 1.807) is 6.92 Å². The molecule has 2 rings (SSSR count). The summed E-state index contributed by atoms with van der Waals surface area (Å²) in [6.07, 6.45) is -0.796. The zero-order chi connectivity index (χ0) is 16.0. The van der Waals surface area contributed by atoms with E-state index < -0.39 is 30.3 Å². The van der Waals surface area contributed by atoms with E-state index in [0.29, 0.717) is 13.2 Å². The predicted octanol–water partition coefficient (Wildman–Crippen LogP) is 0.606. The fraction of sp³-hybridized carbons (Fsp3) is 0.467. The van der Waals surface area contributed by atoms with Crippen molar-refractivity contribution >= 4 is 12.1 Å². The van der Waals surface area contributed by atoms with Crippen molar-refractivity contribution in [3.63, 3.8) is 0 Å². The molecule has 0 radical (unpaired) electrons. The molecule has 22 heavy (non-hydrogen) atoms. The van der Waals surface area contributed by atoms with Gasteiger partial charge in [0, 0.05) is 0 Å². The van der Waals surface area contributed by atoms with Crippen LogP contribution in [0.1, 0.15) is 12.5 Å². The molecule has 0 saturated carbocycles. The standard InChI is InChI=1S/C15H19NO6/c1-15(9-20-10-15)22-13(18)12(7-17)16-14(19)21-8-11-5-3-2-4-6-11/h2-6,12,17H,7-10H2,1H3,(H,16,19)/t12-/m0/s1. The molecule has 120 valence electrons. The van der Waals surface area contributed by atoms with Gasteiger partial charge in [0.05, 0.1) is 19.8 Å². The van der Waals surface area contributed by atoms with Gasteiger partial charge in [0.25, 0.3) is 0 Å². The van der Waals surface area contributed by atoms with Gasteiger partial charge in [0.2, 0.25) is 0 Å². The van der Waals surface area contributed by atoms with Crippen LogP contribution in [0.5, 0.6) is 0 Å². The van der Waals surface area contributed by atoms with E-state index in [1.807, 2.05) is 30.3 Å². The first-order chi connectivity index (χ1) is 10.5. The number of rotatable bonds is 6. The Morgan fingerprint density at radius 3 is 2.59 bits per heavy atom. The summed E-state index contributed by atoms with van der Waals surface area (Å²) in [7, 11) is 0. The minimum atomic E-state index is -1.17. The maximum atomic E-state index is 11.9. The van der Waals surface area contributed by atoms with Gasteiger partial charge >= 0.3 is 12.1 Å². The van der Waals surface area contributed by atoms with Crippen LogP contribution in [0.4, 0.5) is 4.79 Å². The third kappa shape index (κ3) is 4.44. The lowest BCUT2D eigenvalue weighted by atomic mass is 10.1. The highest BCUT2D eigenvalue weighted by Crippen LogP contribution is 2.21. The van der Waals surface area contributed by atoms with Crippen molar-refractivity contribution in [3.8, 4) is 0 Å². The Hall–Kier alpha value is -2.12. The monoisotopic (exact) mass is 309 g/mol. The Morgan fingerprint density at radius 1 is 1.36 bits per heavy atom. The molecule has 0 aliphatic carbocycles. The second-order valence-electron chi connectivity index (χ2n) is 5.31. The number of benzene rings is 1. The van der Waals surface area contributed by atoms with Crippen LogP contribution in [0.3, 0.4) is 0 Å². The zero-order valence-electron chi connectivity index (χ0n) is 12.3. The minimum absolute atomic E-state index is 0.0748. The Bertz CT molecular complexity index is 514. The molecule has 7 nitrogen and oxygen atoms in total. The SMILES string of the molecule is CC1(OC(=O)[C@H](CO)NC(=O)OCc2ccccc2)COC1. The molecule has 1 aromatic rings. The van der Waals surface area contributed by atoms with Crippen LogP contribution in [0, 0.1) is 0 Å². The number of aliphatic hydroxyl groups excluding tert-OH is 1. The molecule has 0 bridgehead atoms. The lowest BCUT2D eigenvalue weighted by Gasteiger charge is -2.37. The summed E-state index contributed by atoms with van der Waals surface area (Å²) in [6, 6.07) is 7.95. The van der Waals surface area contributed by atoms with Gasteiger partial charge in [0.1, 0.15) is 6.61 Å². The molecule has 1 amide bonds. The molecule has 2 N–H and O–H groups in total. The number of nitrogens with one attached hydrogen (secondary N) is 1. The molecular formula is C15H19NO6. The molecule has 0 unspecified atom stereocenters. The number of aliphatic hydroxyl groups is 1. The van der Waals surface area contributed by atoms with E-state index in [2.05, 4.69) is 5.32 Å². The normalized spacial score (nSPS) is 17.0. The Labute approximate surface area is 128 Å². The average molecular weight is 309 g/mol. The minimum Gasteiger partial charge on any atom is -0.453 e. The topological polar surface area (TPSA) is 94.1 Å². The van der Waals surface area contributed by atoms with E-state index in [9.17, 15) is 14.7 Å². The third-order valence-corrected chi connectivity index (χ3v) is 3.13. The van der Waals surface area contributed by atoms with Crippen molar-refractivity contribution < 1.29 is 28.9 Å². The van der Waals surface area contributed by atoms with Crippen LogP contribution in [0.15, 0.2) is 30.3 Å². The molecule has 1 aliphatic rings. The number of alkyl carbamates (subject to hydrolysis) is 1. The summed E-state index contributed by atoms with van der Waals surface area (Å²) in [5.74, 6) is -0.718. The molecule has 0 aromatic heterocycles. The van der Waals surface area contributed by atoms with Crippen LogP contribution in [0.25, 0.3) is 0 Å². The first-order valence-corrected chi connectivity index (χ1v) is 6.91. The van der Waals surface area contributed by atoms with E-state index >= 15 is 0 Å². The van der Waals surface area contributed by atoms with E-state index in [1.165, 1.54) is 0 Å². The zero-order valence-corrected chi connectivity index (χ0v) is 12.3. The van der Waals surface area contributed by atoms with Crippen LogP contribution in [0.2, 0.25) is 0 Å². The summed E-state index contributed by atoms with van der Waals surface area (Å²) in [4.78, 5) is 23.5. The van der Waals surface area contributed by atoms with Crippen molar-refractivity contribution in [3.05, 3.63) is 35.9 Å². The highest BCUT2D eigenvalue weighted by Gasteiger charge is 2.39. The van der Waals surface area contributed by atoms with Gasteiger partial charge < -0.3 is 24.6 Å². The van der Waals surface area contributed by atoms with E-state index in [4.69, 9.17) is 14.2 Å². The van der Waals surface area contributed by atoms with Crippen molar-refractivity contribution in [2.75, 3.05) is 19.8 Å². The van der Waals surface area contributed by atoms with Gasteiger partial charge in [-0.2, -0.15) is 0 Å². The summed E-state index contributed by atoms with van der Waals surface area (Å²) in [6.45, 7) is 1.82. The van der Waals surface area contributed by atoms with Crippen LogP contribution in [-0.2, 0) is 25.6 Å². The maximum Gasteiger partial charge on any atom is 0.408 e. The Balaban J connectivity index is 1.78. The number of hydrogen-bond acceptors (Lipinski definition) is 6. The van der Waals surface area contributed by atoms with Crippen LogP contribution >= 0.6 is 0 Å². The van der Waals surface area contributed by atoms with Gasteiger partial charge in [-0.1, -0.05) is 30.3 Å². The number of esters is 1. The van der Waals surface area contributed by atoms with E-state index in [0.717, 1.165) is 5.56 Å². The molecule has 1 saturated heterocycles. The summed E-state index contributed by atoms with van der Waals surface area (Å²) in [5.41, 5.74) is 0.125. The molecule has 1 aromatic carbocycles. The molecular weight excluding hydrogens is 290 g/mol. The quantitative estimate of drug-likeness (QED) is 0.748. The maximum absolute atomic E-state index is 11.9. The molecule has 0 spiro atoms. The highest BCUT2D eigenvalue weighted by molar-refractivity contribution is 5.81. The highest BCUT2D eigenvalue weighted by atomic mass is 16.6. The van der Waals surface area contributed by atoms with Crippen molar-refractivity contribution in [2.24, 2.45) is 0 Å². The second kappa shape index (κ2) is 7.24. The van der Waals surface area contributed by atoms with E-state index in [-0.39, 0.29) is 6.61 Å². The number of carbonyl (C=O) groups is 2. The molecule has 1 atom stereocenters. The van der Waals surface area contributed by atoms with Crippen molar-refractivity contribution in [1.29, 1.82) is 0 Å². The number of hydrogen-bond donors (Lipinski definition) is 2. The summed E-state index contributed by atoms with van der Waals surface area (Å²) < 4.78 is 15.2. The fourth-order valence-corrected chi connectivity index (χ4v) is 1.85. The van der Waals surface area contributed by atoms with Crippen molar-refractivity contribution in [1.82, 2.24) is 5.32 Å². The lowest BCUT2D eigenvalue weighted by molar-refractivity contribution is -0.208. The number of ether oxygens (including phenoxy) is 3. The van der Waals surface area contributed by atoms with Gasteiger partial charge in [-0.05, 0) is 12.5 Å². The molecule has 1 fully saturated rings. The number of amides is 1. The summed E-state index contributed by atoms with van der Waals surface area (Å²) in [5, 5.41) is 11.5. The average Bonchev–Trinajstić information content (AvgIpc) is 2.50. The van der Waals surface area contributed by atoms with Crippen LogP contribution < -0.4 is 5.32 Å². The molecule has 1 aliphatic heterocycles.